The lowest BCUT2D eigenvalue weighted by molar-refractivity contribution is -0.147. The third-order valence-electron chi connectivity index (χ3n) is 6.68. The molecule has 0 radical (unpaired) electrons. The van der Waals surface area contributed by atoms with Gasteiger partial charge < -0.3 is 20.5 Å². The number of nitrogens with zero attached hydrogens (tertiary/aromatic N) is 3. The van der Waals surface area contributed by atoms with Gasteiger partial charge in [0.05, 0.1) is 11.7 Å². The zero-order chi connectivity index (χ0) is 24.7. The third kappa shape index (κ3) is 4.61. The molecule has 1 aromatic carbocycles. The van der Waals surface area contributed by atoms with Crippen LogP contribution in [0.3, 0.4) is 0 Å². The van der Waals surface area contributed by atoms with E-state index in [0.717, 1.165) is 6.33 Å². The normalized spacial score (nSPS) is 22.9. The first-order valence-electron chi connectivity index (χ1n) is 10.8. The molecule has 1 spiro atoms. The van der Waals surface area contributed by atoms with Crippen LogP contribution >= 0.6 is 11.6 Å². The monoisotopic (exact) mass is 497 g/mol. The quantitative estimate of drug-likeness (QED) is 0.658. The molecule has 2 aromatic rings. The first-order chi connectivity index (χ1) is 16.0. The van der Waals surface area contributed by atoms with Crippen LogP contribution in [-0.2, 0) is 4.79 Å². The number of aromatic amines is 1. The second-order valence-electron chi connectivity index (χ2n) is 8.74. The molecular formula is C22H23ClF3N5O3. The molecule has 1 aliphatic carbocycles. The van der Waals surface area contributed by atoms with Gasteiger partial charge in [-0.3, -0.25) is 14.4 Å². The van der Waals surface area contributed by atoms with Gasteiger partial charge in [-0.05, 0) is 50.3 Å². The molecule has 8 nitrogen and oxygen atoms in total. The molecule has 0 unspecified atom stereocenters. The number of hydrogen-bond acceptors (Lipinski definition) is 4. The number of alkyl halides is 3. The fourth-order valence-corrected chi connectivity index (χ4v) is 5.17. The van der Waals surface area contributed by atoms with E-state index in [4.69, 9.17) is 17.3 Å². The van der Waals surface area contributed by atoms with Crippen molar-refractivity contribution in [1.82, 2.24) is 14.9 Å². The summed E-state index contributed by atoms with van der Waals surface area (Å²) in [5.74, 6) is -2.09. The van der Waals surface area contributed by atoms with Crippen molar-refractivity contribution in [2.75, 3.05) is 18.0 Å². The fourth-order valence-electron chi connectivity index (χ4n) is 4.99. The van der Waals surface area contributed by atoms with E-state index in [-0.39, 0.29) is 24.4 Å². The molecule has 182 valence electrons. The summed E-state index contributed by atoms with van der Waals surface area (Å²) in [6, 6.07) is 6.20. The first kappa shape index (κ1) is 24.1. The number of aromatic nitrogens is 2. The maximum Gasteiger partial charge on any atom is 0.406 e. The Kier molecular flexibility index (Phi) is 6.32. The van der Waals surface area contributed by atoms with Crippen molar-refractivity contribution < 1.29 is 27.6 Å². The second-order valence-corrected chi connectivity index (χ2v) is 9.17. The van der Waals surface area contributed by atoms with Gasteiger partial charge in [0.1, 0.15) is 12.2 Å². The molecule has 1 aliphatic heterocycles. The zero-order valence-electron chi connectivity index (χ0n) is 18.1. The van der Waals surface area contributed by atoms with E-state index >= 15 is 0 Å². The summed E-state index contributed by atoms with van der Waals surface area (Å²) in [6.45, 7) is -0.992. The standard InChI is InChI=1S/C22H23ClF3N5O3/c23-13-2-1-3-15(10-13)30-9-8-21(20(30)34)6-4-14(5-7-21)31(11-22(24,25)26)19(33)17-16(18(27)32)28-12-29-17/h1-3,10,12,14H,4-9,11H2,(H2,27,32)(H,28,29). The van der Waals surface area contributed by atoms with E-state index in [1.165, 1.54) is 0 Å². The van der Waals surface area contributed by atoms with Crippen molar-refractivity contribution in [2.45, 2.75) is 44.3 Å². The number of imidazole rings is 1. The number of carbonyl (C=O) groups is 3. The summed E-state index contributed by atoms with van der Waals surface area (Å²) in [5.41, 5.74) is 4.42. The lowest BCUT2D eigenvalue weighted by atomic mass is 9.71. The lowest BCUT2D eigenvalue weighted by Crippen LogP contribution is -2.49. The number of carbonyl (C=O) groups excluding carboxylic acids is 3. The van der Waals surface area contributed by atoms with Gasteiger partial charge in [0.25, 0.3) is 11.8 Å². The molecule has 2 fully saturated rings. The molecule has 4 rings (SSSR count). The molecule has 34 heavy (non-hydrogen) atoms. The van der Waals surface area contributed by atoms with Gasteiger partial charge in [0.2, 0.25) is 5.91 Å². The van der Waals surface area contributed by atoms with Crippen LogP contribution in [0.4, 0.5) is 18.9 Å². The maximum absolute atomic E-state index is 13.4. The minimum Gasteiger partial charge on any atom is -0.364 e. The maximum atomic E-state index is 13.4. The Labute approximate surface area is 198 Å². The number of hydrogen-bond donors (Lipinski definition) is 2. The number of halogens is 4. The molecule has 12 heteroatoms. The molecule has 2 heterocycles. The summed E-state index contributed by atoms with van der Waals surface area (Å²) < 4.78 is 40.1. The number of H-pyrrole nitrogens is 1. The number of rotatable bonds is 5. The van der Waals surface area contributed by atoms with Crippen LogP contribution in [0, 0.1) is 5.41 Å². The van der Waals surface area contributed by atoms with E-state index in [1.54, 1.807) is 29.2 Å². The number of primary amides is 1. The molecule has 1 aromatic heterocycles. The number of nitrogens with two attached hydrogens (primary N) is 1. The molecule has 1 saturated heterocycles. The first-order valence-corrected chi connectivity index (χ1v) is 11.2. The average molecular weight is 498 g/mol. The number of benzene rings is 1. The second kappa shape index (κ2) is 8.94. The van der Waals surface area contributed by atoms with Crippen LogP contribution in [-0.4, -0.2) is 57.9 Å². The van der Waals surface area contributed by atoms with Gasteiger partial charge in [-0.25, -0.2) is 4.98 Å². The van der Waals surface area contributed by atoms with Crippen molar-refractivity contribution in [2.24, 2.45) is 11.1 Å². The Morgan fingerprint density at radius 3 is 2.59 bits per heavy atom. The Morgan fingerprint density at radius 2 is 1.97 bits per heavy atom. The highest BCUT2D eigenvalue weighted by Crippen LogP contribution is 2.47. The van der Waals surface area contributed by atoms with Crippen LogP contribution in [0.1, 0.15) is 53.1 Å². The summed E-state index contributed by atoms with van der Waals surface area (Å²) in [6.07, 6.45) is -1.90. The molecule has 0 bridgehead atoms. The minimum atomic E-state index is -4.65. The summed E-state index contributed by atoms with van der Waals surface area (Å²) in [5, 5.41) is 0.505. The molecule has 0 atom stereocenters. The number of anilines is 1. The summed E-state index contributed by atoms with van der Waals surface area (Å²) in [7, 11) is 0. The highest BCUT2D eigenvalue weighted by atomic mass is 35.5. The van der Waals surface area contributed by atoms with Crippen LogP contribution in [0.5, 0.6) is 0 Å². The van der Waals surface area contributed by atoms with Crippen molar-refractivity contribution in [3.63, 3.8) is 0 Å². The van der Waals surface area contributed by atoms with E-state index in [1.807, 2.05) is 0 Å². The highest BCUT2D eigenvalue weighted by Gasteiger charge is 2.50. The predicted octanol–water partition coefficient (Wildman–Crippen LogP) is 3.53. The average Bonchev–Trinajstić information content (AvgIpc) is 3.38. The van der Waals surface area contributed by atoms with Crippen LogP contribution in [0.25, 0.3) is 0 Å². The molecule has 1 saturated carbocycles. The fraction of sp³-hybridized carbons (Fsp3) is 0.455. The van der Waals surface area contributed by atoms with Gasteiger partial charge in [0, 0.05) is 23.3 Å². The smallest absolute Gasteiger partial charge is 0.364 e. The van der Waals surface area contributed by atoms with Crippen LogP contribution in [0.15, 0.2) is 30.6 Å². The lowest BCUT2D eigenvalue weighted by Gasteiger charge is -2.40. The SMILES string of the molecule is NC(=O)c1nc[nH]c1C(=O)N(CC(F)(F)F)C1CCC2(CC1)CCN(c1cccc(Cl)c1)C2=O. The Morgan fingerprint density at radius 1 is 1.26 bits per heavy atom. The summed E-state index contributed by atoms with van der Waals surface area (Å²) >= 11 is 6.05. The number of amides is 3. The van der Waals surface area contributed by atoms with E-state index in [9.17, 15) is 27.6 Å². The summed E-state index contributed by atoms with van der Waals surface area (Å²) in [4.78, 5) is 46.3. The molecule has 3 N–H and O–H groups in total. The van der Waals surface area contributed by atoms with Gasteiger partial charge >= 0.3 is 6.18 Å². The number of nitrogens with one attached hydrogen (secondary N) is 1. The Balaban J connectivity index is 1.52. The van der Waals surface area contributed by atoms with Gasteiger partial charge in [-0.2, -0.15) is 13.2 Å². The van der Waals surface area contributed by atoms with Crippen LogP contribution < -0.4 is 10.6 Å². The minimum absolute atomic E-state index is 0.0773. The molecule has 3 amide bonds. The van der Waals surface area contributed by atoms with Crippen molar-refractivity contribution in [3.8, 4) is 0 Å². The van der Waals surface area contributed by atoms with Crippen molar-refractivity contribution >= 4 is 35.0 Å². The van der Waals surface area contributed by atoms with Crippen molar-refractivity contribution in [3.05, 3.63) is 47.0 Å². The van der Waals surface area contributed by atoms with E-state index < -0.39 is 41.7 Å². The van der Waals surface area contributed by atoms with Crippen LogP contribution in [0.2, 0.25) is 5.02 Å². The zero-order valence-corrected chi connectivity index (χ0v) is 18.8. The van der Waals surface area contributed by atoms with Crippen molar-refractivity contribution in [1.29, 1.82) is 0 Å². The van der Waals surface area contributed by atoms with Gasteiger partial charge in [0.15, 0.2) is 5.69 Å². The van der Waals surface area contributed by atoms with E-state index in [0.29, 0.717) is 41.4 Å². The molecule has 2 aliphatic rings. The molecular weight excluding hydrogens is 475 g/mol. The third-order valence-corrected chi connectivity index (χ3v) is 6.92. The van der Waals surface area contributed by atoms with Gasteiger partial charge in [-0.15, -0.1) is 0 Å². The Hall–Kier alpha value is -3.08. The largest absolute Gasteiger partial charge is 0.406 e. The Bertz CT molecular complexity index is 1110. The van der Waals surface area contributed by atoms with E-state index in [2.05, 4.69) is 9.97 Å². The highest BCUT2D eigenvalue weighted by molar-refractivity contribution is 6.31. The topological polar surface area (TPSA) is 112 Å². The van der Waals surface area contributed by atoms with Gasteiger partial charge in [-0.1, -0.05) is 17.7 Å². The predicted molar refractivity (Wildman–Crippen MR) is 117 cm³/mol.